The highest BCUT2D eigenvalue weighted by molar-refractivity contribution is 6.09. The molecule has 0 bridgehead atoms. The molecule has 1 aliphatic rings. The molecule has 0 radical (unpaired) electrons. The summed E-state index contributed by atoms with van der Waals surface area (Å²) in [7, 11) is 0. The molecular formula is C25H21NO2. The van der Waals surface area contributed by atoms with Crippen LogP contribution in [-0.4, -0.2) is 5.91 Å². The SMILES string of the molecule is Cc1ccc(-c2ccc(C(=O)Nc3ccc4c5c(cccc35)CC4)o2)cc1C. The van der Waals surface area contributed by atoms with Crippen molar-refractivity contribution in [1.29, 1.82) is 0 Å². The molecule has 1 aromatic heterocycles. The summed E-state index contributed by atoms with van der Waals surface area (Å²) in [6, 6.07) is 20.2. The van der Waals surface area contributed by atoms with Crippen LogP contribution in [0.5, 0.6) is 0 Å². The molecule has 0 saturated carbocycles. The maximum atomic E-state index is 12.8. The smallest absolute Gasteiger partial charge is 0.291 e. The Kier molecular flexibility index (Phi) is 3.83. The van der Waals surface area contributed by atoms with E-state index in [1.165, 1.54) is 27.6 Å². The van der Waals surface area contributed by atoms with E-state index in [-0.39, 0.29) is 5.91 Å². The number of hydrogen-bond donors (Lipinski definition) is 1. The highest BCUT2D eigenvalue weighted by Crippen LogP contribution is 2.35. The van der Waals surface area contributed by atoms with Crippen LogP contribution in [0.25, 0.3) is 22.1 Å². The van der Waals surface area contributed by atoms with Gasteiger partial charge in [0, 0.05) is 16.6 Å². The number of furan rings is 1. The van der Waals surface area contributed by atoms with Gasteiger partial charge in [-0.3, -0.25) is 4.79 Å². The predicted octanol–water partition coefficient (Wildman–Crippen LogP) is 6.07. The highest BCUT2D eigenvalue weighted by Gasteiger charge is 2.18. The van der Waals surface area contributed by atoms with Gasteiger partial charge < -0.3 is 9.73 Å². The zero-order valence-corrected chi connectivity index (χ0v) is 16.0. The first kappa shape index (κ1) is 16.8. The summed E-state index contributed by atoms with van der Waals surface area (Å²) in [5.41, 5.74) is 6.97. The van der Waals surface area contributed by atoms with E-state index in [4.69, 9.17) is 4.42 Å². The number of amides is 1. The van der Waals surface area contributed by atoms with E-state index in [0.717, 1.165) is 29.5 Å². The molecule has 0 saturated heterocycles. The van der Waals surface area contributed by atoms with Crippen LogP contribution in [0.3, 0.4) is 0 Å². The molecule has 0 fully saturated rings. The van der Waals surface area contributed by atoms with Crippen LogP contribution in [-0.2, 0) is 12.8 Å². The Labute approximate surface area is 164 Å². The second-order valence-corrected chi connectivity index (χ2v) is 7.53. The van der Waals surface area contributed by atoms with E-state index < -0.39 is 0 Å². The van der Waals surface area contributed by atoms with E-state index in [9.17, 15) is 4.79 Å². The minimum absolute atomic E-state index is 0.228. The number of hydrogen-bond acceptors (Lipinski definition) is 2. The molecule has 0 spiro atoms. The van der Waals surface area contributed by atoms with Gasteiger partial charge >= 0.3 is 0 Å². The van der Waals surface area contributed by atoms with Crippen molar-refractivity contribution in [1.82, 2.24) is 0 Å². The van der Waals surface area contributed by atoms with Gasteiger partial charge in [-0.15, -0.1) is 0 Å². The zero-order valence-electron chi connectivity index (χ0n) is 16.0. The van der Waals surface area contributed by atoms with Crippen molar-refractivity contribution in [3.8, 4) is 11.3 Å². The molecule has 1 aliphatic carbocycles. The van der Waals surface area contributed by atoms with Gasteiger partial charge in [0.1, 0.15) is 5.76 Å². The molecule has 3 nitrogen and oxygen atoms in total. The lowest BCUT2D eigenvalue weighted by Crippen LogP contribution is -2.11. The molecule has 3 heteroatoms. The van der Waals surface area contributed by atoms with Crippen molar-refractivity contribution in [2.45, 2.75) is 26.7 Å². The largest absolute Gasteiger partial charge is 0.451 e. The maximum Gasteiger partial charge on any atom is 0.291 e. The summed E-state index contributed by atoms with van der Waals surface area (Å²) in [5, 5.41) is 5.42. The fourth-order valence-corrected chi connectivity index (χ4v) is 4.05. The van der Waals surface area contributed by atoms with Crippen LogP contribution in [0, 0.1) is 13.8 Å². The monoisotopic (exact) mass is 367 g/mol. The van der Waals surface area contributed by atoms with Gasteiger partial charge in [-0.05, 0) is 78.6 Å². The summed E-state index contributed by atoms with van der Waals surface area (Å²) >= 11 is 0. The van der Waals surface area contributed by atoms with Gasteiger partial charge in [0.25, 0.3) is 5.91 Å². The van der Waals surface area contributed by atoms with Crippen molar-refractivity contribution in [2.24, 2.45) is 0 Å². The number of rotatable bonds is 3. The average molecular weight is 367 g/mol. The minimum Gasteiger partial charge on any atom is -0.451 e. The number of nitrogens with one attached hydrogen (secondary N) is 1. The van der Waals surface area contributed by atoms with Crippen LogP contribution in [0.2, 0.25) is 0 Å². The Morgan fingerprint density at radius 1 is 0.893 bits per heavy atom. The molecule has 1 amide bonds. The maximum absolute atomic E-state index is 12.8. The highest BCUT2D eigenvalue weighted by atomic mass is 16.3. The van der Waals surface area contributed by atoms with Gasteiger partial charge in [-0.2, -0.15) is 0 Å². The van der Waals surface area contributed by atoms with Crippen LogP contribution >= 0.6 is 0 Å². The third-order valence-electron chi connectivity index (χ3n) is 5.75. The molecule has 1 N–H and O–H groups in total. The molecule has 3 aromatic carbocycles. The minimum atomic E-state index is -0.228. The normalized spacial score (nSPS) is 12.5. The Bertz CT molecular complexity index is 1220. The van der Waals surface area contributed by atoms with Crippen LogP contribution in [0.15, 0.2) is 65.1 Å². The van der Waals surface area contributed by atoms with E-state index in [1.54, 1.807) is 6.07 Å². The van der Waals surface area contributed by atoms with Crippen molar-refractivity contribution in [3.05, 3.63) is 88.7 Å². The first-order valence-electron chi connectivity index (χ1n) is 9.62. The van der Waals surface area contributed by atoms with Crippen LogP contribution in [0.1, 0.15) is 32.8 Å². The summed E-state index contributed by atoms with van der Waals surface area (Å²) in [6.07, 6.45) is 2.14. The third kappa shape index (κ3) is 2.71. The molecule has 28 heavy (non-hydrogen) atoms. The van der Waals surface area contributed by atoms with E-state index >= 15 is 0 Å². The first-order chi connectivity index (χ1) is 13.6. The summed E-state index contributed by atoms with van der Waals surface area (Å²) in [5.74, 6) is 0.791. The second-order valence-electron chi connectivity index (χ2n) is 7.53. The van der Waals surface area contributed by atoms with Crippen LogP contribution < -0.4 is 5.32 Å². The molecule has 0 atom stereocenters. The van der Waals surface area contributed by atoms with Crippen molar-refractivity contribution in [3.63, 3.8) is 0 Å². The Morgan fingerprint density at radius 3 is 2.54 bits per heavy atom. The molecule has 1 heterocycles. The number of aryl methyl sites for hydroxylation is 4. The first-order valence-corrected chi connectivity index (χ1v) is 9.62. The summed E-state index contributed by atoms with van der Waals surface area (Å²) < 4.78 is 5.86. The number of carbonyl (C=O) groups is 1. The van der Waals surface area contributed by atoms with Crippen LogP contribution in [0.4, 0.5) is 5.69 Å². The molecule has 5 rings (SSSR count). The van der Waals surface area contributed by atoms with Gasteiger partial charge in [-0.1, -0.05) is 36.4 Å². The summed E-state index contributed by atoms with van der Waals surface area (Å²) in [4.78, 5) is 12.8. The average Bonchev–Trinajstić information content (AvgIpc) is 3.35. The Morgan fingerprint density at radius 2 is 1.71 bits per heavy atom. The third-order valence-corrected chi connectivity index (χ3v) is 5.75. The van der Waals surface area contributed by atoms with Crippen molar-refractivity contribution in [2.75, 3.05) is 5.32 Å². The van der Waals surface area contributed by atoms with E-state index in [0.29, 0.717) is 11.5 Å². The standard InChI is InChI=1S/C25H21NO2/c1-15-6-7-19(14-16(15)2)22-12-13-23(28-22)25(27)26-21-11-10-18-9-8-17-4-3-5-20(21)24(17)18/h3-7,10-14H,8-9H2,1-2H3,(H,26,27). The second kappa shape index (κ2) is 6.38. The molecule has 0 unspecified atom stereocenters. The lowest BCUT2D eigenvalue weighted by molar-refractivity contribution is 0.0997. The van der Waals surface area contributed by atoms with Gasteiger partial charge in [0.05, 0.1) is 0 Å². The Hall–Kier alpha value is -3.33. The lowest BCUT2D eigenvalue weighted by atomic mass is 10.0. The van der Waals surface area contributed by atoms with Gasteiger partial charge in [0.2, 0.25) is 0 Å². The van der Waals surface area contributed by atoms with E-state index in [1.807, 2.05) is 18.2 Å². The van der Waals surface area contributed by atoms with E-state index in [2.05, 4.69) is 55.6 Å². The van der Waals surface area contributed by atoms with Crippen molar-refractivity contribution < 1.29 is 9.21 Å². The zero-order chi connectivity index (χ0) is 19.3. The van der Waals surface area contributed by atoms with Gasteiger partial charge in [0.15, 0.2) is 5.76 Å². The molecule has 0 aliphatic heterocycles. The predicted molar refractivity (Wildman–Crippen MR) is 113 cm³/mol. The number of carbonyl (C=O) groups excluding carboxylic acids is 1. The summed E-state index contributed by atoms with van der Waals surface area (Å²) in [6.45, 7) is 4.16. The molecular weight excluding hydrogens is 346 g/mol. The Balaban J connectivity index is 1.45. The fourth-order valence-electron chi connectivity index (χ4n) is 4.05. The van der Waals surface area contributed by atoms with Gasteiger partial charge in [-0.25, -0.2) is 0 Å². The quantitative estimate of drug-likeness (QED) is 0.478. The van der Waals surface area contributed by atoms with Crippen molar-refractivity contribution >= 4 is 22.4 Å². The number of benzene rings is 3. The molecule has 4 aromatic rings. The molecule has 138 valence electrons. The lowest BCUT2D eigenvalue weighted by Gasteiger charge is -2.09. The number of anilines is 1. The topological polar surface area (TPSA) is 42.2 Å². The fraction of sp³-hybridized carbons (Fsp3) is 0.160.